The van der Waals surface area contributed by atoms with Gasteiger partial charge in [0.1, 0.15) is 0 Å². The molecule has 0 saturated heterocycles. The van der Waals surface area contributed by atoms with Crippen LogP contribution in [-0.4, -0.2) is 23.5 Å². The zero-order chi connectivity index (χ0) is 13.2. The van der Waals surface area contributed by atoms with Crippen molar-refractivity contribution in [3.63, 3.8) is 0 Å². The van der Waals surface area contributed by atoms with Crippen molar-refractivity contribution < 1.29 is 4.79 Å². The summed E-state index contributed by atoms with van der Waals surface area (Å²) in [5.74, 6) is 2.62. The van der Waals surface area contributed by atoms with Crippen LogP contribution in [-0.2, 0) is 6.42 Å². The van der Waals surface area contributed by atoms with E-state index < -0.39 is 0 Å². The smallest absolute Gasteiger partial charge is 0.318 e. The van der Waals surface area contributed by atoms with E-state index in [2.05, 4.69) is 29.4 Å². The number of rotatable bonds is 3. The number of fused-ring (bicyclic) bond motifs is 1. The minimum atomic E-state index is -0.0119. The second kappa shape index (κ2) is 4.97. The molecule has 2 aliphatic carbocycles. The largest absolute Gasteiger partial charge is 0.335 e. The lowest BCUT2D eigenvalue weighted by Crippen LogP contribution is -2.42. The number of nitrogens with one attached hydrogen (secondary N) is 1. The molecule has 1 atom stereocenters. The van der Waals surface area contributed by atoms with Gasteiger partial charge in [-0.25, -0.2) is 4.79 Å². The van der Waals surface area contributed by atoms with Crippen molar-refractivity contribution >= 4 is 6.03 Å². The average Bonchev–Trinajstić information content (AvgIpc) is 3.13. The summed E-state index contributed by atoms with van der Waals surface area (Å²) in [6, 6.07) is 8.82. The summed E-state index contributed by atoms with van der Waals surface area (Å²) in [5.41, 5.74) is 2.59. The Hall–Kier alpha value is -1.95. The van der Waals surface area contributed by atoms with Crippen molar-refractivity contribution in [2.45, 2.75) is 37.8 Å². The van der Waals surface area contributed by atoms with Gasteiger partial charge in [0.15, 0.2) is 0 Å². The van der Waals surface area contributed by atoms with Gasteiger partial charge in [0, 0.05) is 6.04 Å². The third-order valence-corrected chi connectivity index (χ3v) is 3.90. The summed E-state index contributed by atoms with van der Waals surface area (Å²) in [4.78, 5) is 14.1. The molecule has 98 valence electrons. The van der Waals surface area contributed by atoms with E-state index in [1.54, 1.807) is 0 Å². The molecular weight excluding hydrogens is 236 g/mol. The molecule has 1 N–H and O–H groups in total. The van der Waals surface area contributed by atoms with Gasteiger partial charge < -0.3 is 10.2 Å². The van der Waals surface area contributed by atoms with Crippen LogP contribution < -0.4 is 5.32 Å². The van der Waals surface area contributed by atoms with Crippen molar-refractivity contribution in [2.24, 2.45) is 0 Å². The van der Waals surface area contributed by atoms with Gasteiger partial charge in [-0.05, 0) is 36.8 Å². The average molecular weight is 254 g/mol. The molecule has 2 aliphatic rings. The summed E-state index contributed by atoms with van der Waals surface area (Å²) < 4.78 is 0. The molecule has 3 heteroatoms. The van der Waals surface area contributed by atoms with E-state index in [1.165, 1.54) is 11.1 Å². The number of hydrogen-bond acceptors (Lipinski definition) is 1. The Labute approximate surface area is 114 Å². The Morgan fingerprint density at radius 2 is 2.16 bits per heavy atom. The summed E-state index contributed by atoms with van der Waals surface area (Å²) in [6.07, 6.45) is 9.62. The van der Waals surface area contributed by atoms with E-state index >= 15 is 0 Å². The van der Waals surface area contributed by atoms with Gasteiger partial charge in [0.2, 0.25) is 0 Å². The van der Waals surface area contributed by atoms with Crippen LogP contribution in [0.2, 0.25) is 0 Å². The number of hydrogen-bond donors (Lipinski definition) is 1. The maximum atomic E-state index is 12.3. The van der Waals surface area contributed by atoms with Crippen molar-refractivity contribution in [1.29, 1.82) is 0 Å². The summed E-state index contributed by atoms with van der Waals surface area (Å²) in [6.45, 7) is 0.373. The maximum absolute atomic E-state index is 12.3. The van der Waals surface area contributed by atoms with Gasteiger partial charge in [-0.2, -0.15) is 0 Å². The molecule has 2 amide bonds. The predicted molar refractivity (Wildman–Crippen MR) is 74.6 cm³/mol. The maximum Gasteiger partial charge on any atom is 0.318 e. The molecule has 1 fully saturated rings. The van der Waals surface area contributed by atoms with Crippen LogP contribution in [0.4, 0.5) is 4.79 Å². The quantitative estimate of drug-likeness (QED) is 0.826. The lowest BCUT2D eigenvalue weighted by atomic mass is 10.1. The molecule has 1 saturated carbocycles. The highest BCUT2D eigenvalue weighted by atomic mass is 16.2. The molecule has 0 heterocycles. The molecule has 0 spiro atoms. The zero-order valence-electron chi connectivity index (χ0n) is 10.9. The first-order valence-corrected chi connectivity index (χ1v) is 6.88. The summed E-state index contributed by atoms with van der Waals surface area (Å²) in [5, 5.41) is 3.04. The highest BCUT2D eigenvalue weighted by Crippen LogP contribution is 2.35. The van der Waals surface area contributed by atoms with Crippen molar-refractivity contribution in [3.05, 3.63) is 35.4 Å². The molecule has 1 aromatic rings. The van der Waals surface area contributed by atoms with Crippen LogP contribution in [0.5, 0.6) is 0 Å². The first-order chi connectivity index (χ1) is 9.29. The Bertz CT molecular complexity index is 528. The Morgan fingerprint density at radius 3 is 2.89 bits per heavy atom. The minimum absolute atomic E-state index is 0.0119. The number of urea groups is 1. The molecule has 3 rings (SSSR count). The predicted octanol–water partition coefficient (Wildman–Crippen LogP) is 2.48. The molecule has 0 aliphatic heterocycles. The summed E-state index contributed by atoms with van der Waals surface area (Å²) >= 11 is 0. The highest BCUT2D eigenvalue weighted by Gasteiger charge is 2.32. The summed E-state index contributed by atoms with van der Waals surface area (Å²) in [7, 11) is 0. The second-order valence-corrected chi connectivity index (χ2v) is 5.31. The Balaban J connectivity index is 1.80. The molecule has 0 aromatic heterocycles. The first-order valence-electron chi connectivity index (χ1n) is 6.88. The molecule has 1 unspecified atom stereocenters. The lowest BCUT2D eigenvalue weighted by Gasteiger charge is -2.28. The SMILES string of the molecule is C#CCN(C(=O)NC1CC1)C1CCc2ccccc21. The monoisotopic (exact) mass is 254 g/mol. The lowest BCUT2D eigenvalue weighted by molar-refractivity contribution is 0.182. The Morgan fingerprint density at radius 1 is 1.37 bits per heavy atom. The number of amides is 2. The number of aryl methyl sites for hydroxylation is 1. The molecular formula is C16H18N2O. The van der Waals surface area contributed by atoms with Crippen molar-refractivity contribution in [2.75, 3.05) is 6.54 Å². The van der Waals surface area contributed by atoms with Gasteiger partial charge >= 0.3 is 6.03 Å². The fourth-order valence-corrected chi connectivity index (χ4v) is 2.77. The molecule has 0 bridgehead atoms. The highest BCUT2D eigenvalue weighted by molar-refractivity contribution is 5.76. The van der Waals surface area contributed by atoms with Crippen LogP contribution in [0.3, 0.4) is 0 Å². The number of carbonyl (C=O) groups excluding carboxylic acids is 1. The Kier molecular flexibility index (Phi) is 3.16. The van der Waals surface area contributed by atoms with E-state index in [0.717, 1.165) is 25.7 Å². The van der Waals surface area contributed by atoms with Gasteiger partial charge in [0.05, 0.1) is 12.6 Å². The van der Waals surface area contributed by atoms with Crippen molar-refractivity contribution in [3.8, 4) is 12.3 Å². The van der Waals surface area contributed by atoms with Crippen LogP contribution in [0.15, 0.2) is 24.3 Å². The van der Waals surface area contributed by atoms with Crippen molar-refractivity contribution in [1.82, 2.24) is 10.2 Å². The van der Waals surface area contributed by atoms with E-state index in [-0.39, 0.29) is 12.1 Å². The third-order valence-electron chi connectivity index (χ3n) is 3.90. The third kappa shape index (κ3) is 2.44. The molecule has 3 nitrogen and oxygen atoms in total. The van der Waals surface area contributed by atoms with E-state index in [1.807, 2.05) is 11.0 Å². The molecule has 0 radical (unpaired) electrons. The van der Waals surface area contributed by atoms with Gasteiger partial charge in [-0.3, -0.25) is 0 Å². The first kappa shape index (κ1) is 12.1. The normalized spacial score (nSPS) is 20.5. The number of terminal acetylenes is 1. The number of nitrogens with zero attached hydrogens (tertiary/aromatic N) is 1. The number of carbonyl (C=O) groups is 1. The van der Waals surface area contributed by atoms with Crippen LogP contribution in [0, 0.1) is 12.3 Å². The van der Waals surface area contributed by atoms with Crippen LogP contribution >= 0.6 is 0 Å². The van der Waals surface area contributed by atoms with Gasteiger partial charge in [-0.1, -0.05) is 30.2 Å². The fraction of sp³-hybridized carbons (Fsp3) is 0.438. The van der Waals surface area contributed by atoms with E-state index in [9.17, 15) is 4.79 Å². The molecule has 1 aromatic carbocycles. The standard InChI is InChI=1S/C16H18N2O/c1-2-11-18(16(19)17-13-8-9-13)15-10-7-12-5-3-4-6-14(12)15/h1,3-6,13,15H,7-11H2,(H,17,19). The van der Waals surface area contributed by atoms with E-state index in [4.69, 9.17) is 6.42 Å². The fourth-order valence-electron chi connectivity index (χ4n) is 2.77. The van der Waals surface area contributed by atoms with E-state index in [0.29, 0.717) is 12.6 Å². The van der Waals surface area contributed by atoms with Gasteiger partial charge in [0.25, 0.3) is 0 Å². The zero-order valence-corrected chi connectivity index (χ0v) is 10.9. The van der Waals surface area contributed by atoms with Crippen LogP contribution in [0.1, 0.15) is 36.4 Å². The minimum Gasteiger partial charge on any atom is -0.335 e. The van der Waals surface area contributed by atoms with Crippen LogP contribution in [0.25, 0.3) is 0 Å². The van der Waals surface area contributed by atoms with Gasteiger partial charge in [-0.15, -0.1) is 6.42 Å². The topological polar surface area (TPSA) is 32.3 Å². The molecule has 19 heavy (non-hydrogen) atoms. The number of benzene rings is 1. The second-order valence-electron chi connectivity index (χ2n) is 5.31.